The second kappa shape index (κ2) is 4.75. The van der Waals surface area contributed by atoms with Crippen molar-refractivity contribution in [2.24, 2.45) is 7.05 Å². The number of H-pyrrole nitrogens is 1. The molecular weight excluding hydrogens is 286 g/mol. The largest absolute Gasteiger partial charge is 0.481 e. The van der Waals surface area contributed by atoms with Crippen LogP contribution in [0.2, 0.25) is 0 Å². The molecule has 0 aliphatic rings. The van der Waals surface area contributed by atoms with Gasteiger partial charge < -0.3 is 14.7 Å². The molecular formula is C11H12BrN3O2. The Hall–Kier alpha value is -1.56. The third-order valence-electron chi connectivity index (χ3n) is 2.56. The van der Waals surface area contributed by atoms with E-state index in [9.17, 15) is 4.79 Å². The van der Waals surface area contributed by atoms with Crippen LogP contribution in [-0.4, -0.2) is 25.6 Å². The number of carboxylic acid groups (broad SMARTS) is 1. The molecule has 0 saturated heterocycles. The van der Waals surface area contributed by atoms with E-state index in [2.05, 4.69) is 25.9 Å². The van der Waals surface area contributed by atoms with Crippen LogP contribution in [0.25, 0.3) is 11.4 Å². The molecule has 90 valence electrons. The third kappa shape index (κ3) is 2.41. The van der Waals surface area contributed by atoms with E-state index >= 15 is 0 Å². The number of aliphatic carboxylic acids is 1. The summed E-state index contributed by atoms with van der Waals surface area (Å²) in [5.41, 5.74) is 1.88. The minimum Gasteiger partial charge on any atom is -0.481 e. The predicted octanol–water partition coefficient (Wildman–Crippen LogP) is 2.19. The van der Waals surface area contributed by atoms with Crippen LogP contribution >= 0.6 is 15.9 Å². The van der Waals surface area contributed by atoms with E-state index in [0.717, 1.165) is 21.8 Å². The van der Waals surface area contributed by atoms with Gasteiger partial charge in [-0.2, -0.15) is 0 Å². The van der Waals surface area contributed by atoms with Gasteiger partial charge in [-0.3, -0.25) is 4.79 Å². The van der Waals surface area contributed by atoms with Gasteiger partial charge in [-0.25, -0.2) is 4.98 Å². The predicted molar refractivity (Wildman–Crippen MR) is 66.7 cm³/mol. The summed E-state index contributed by atoms with van der Waals surface area (Å²) in [5, 5.41) is 8.67. The lowest BCUT2D eigenvalue weighted by Gasteiger charge is -2.03. The number of aryl methyl sites for hydroxylation is 1. The van der Waals surface area contributed by atoms with Gasteiger partial charge in [-0.05, 0) is 28.1 Å². The van der Waals surface area contributed by atoms with Crippen molar-refractivity contribution < 1.29 is 9.90 Å². The fraction of sp³-hybridized carbons (Fsp3) is 0.273. The maximum Gasteiger partial charge on any atom is 0.303 e. The summed E-state index contributed by atoms with van der Waals surface area (Å²) in [7, 11) is 1.88. The molecule has 17 heavy (non-hydrogen) atoms. The van der Waals surface area contributed by atoms with Crippen molar-refractivity contribution in [2.75, 3.05) is 0 Å². The van der Waals surface area contributed by atoms with E-state index in [4.69, 9.17) is 5.11 Å². The van der Waals surface area contributed by atoms with Crippen LogP contribution < -0.4 is 0 Å². The topological polar surface area (TPSA) is 70.9 Å². The molecule has 0 saturated carbocycles. The van der Waals surface area contributed by atoms with E-state index in [0.29, 0.717) is 6.42 Å². The molecule has 0 aliphatic carbocycles. The lowest BCUT2D eigenvalue weighted by Crippen LogP contribution is -2.04. The molecule has 6 heteroatoms. The second-order valence-electron chi connectivity index (χ2n) is 3.70. The zero-order valence-electron chi connectivity index (χ0n) is 9.27. The van der Waals surface area contributed by atoms with Crippen LogP contribution in [-0.2, 0) is 18.3 Å². The first-order valence-electron chi connectivity index (χ1n) is 5.16. The highest BCUT2D eigenvalue weighted by molar-refractivity contribution is 9.10. The van der Waals surface area contributed by atoms with Gasteiger partial charge in [0.15, 0.2) is 0 Å². The molecule has 2 heterocycles. The fourth-order valence-electron chi connectivity index (χ4n) is 1.72. The maximum atomic E-state index is 10.5. The maximum absolute atomic E-state index is 10.5. The molecule has 0 aromatic carbocycles. The number of aromatic nitrogens is 3. The van der Waals surface area contributed by atoms with Gasteiger partial charge in [-0.1, -0.05) is 0 Å². The number of halogens is 1. The highest BCUT2D eigenvalue weighted by Crippen LogP contribution is 2.27. The average molecular weight is 298 g/mol. The first-order valence-corrected chi connectivity index (χ1v) is 5.95. The molecule has 2 aromatic heterocycles. The number of imidazole rings is 1. The van der Waals surface area contributed by atoms with E-state index in [1.807, 2.05) is 29.9 Å². The number of carboxylic acids is 1. The molecule has 5 nitrogen and oxygen atoms in total. The summed E-state index contributed by atoms with van der Waals surface area (Å²) in [4.78, 5) is 18.0. The molecule has 0 unspecified atom stereocenters. The number of aromatic amines is 1. The fourth-order valence-corrected chi connectivity index (χ4v) is 2.40. The molecule has 0 amide bonds. The monoisotopic (exact) mass is 297 g/mol. The van der Waals surface area contributed by atoms with Crippen molar-refractivity contribution in [3.63, 3.8) is 0 Å². The van der Waals surface area contributed by atoms with E-state index in [-0.39, 0.29) is 6.42 Å². The minimum atomic E-state index is -0.814. The Balaban J connectivity index is 2.32. The zero-order valence-corrected chi connectivity index (χ0v) is 10.9. The van der Waals surface area contributed by atoms with Crippen molar-refractivity contribution >= 4 is 21.9 Å². The van der Waals surface area contributed by atoms with Gasteiger partial charge in [-0.15, -0.1) is 0 Å². The van der Waals surface area contributed by atoms with Crippen LogP contribution in [0.4, 0.5) is 0 Å². The molecule has 0 radical (unpaired) electrons. The minimum absolute atomic E-state index is 0.0848. The molecule has 0 aliphatic heterocycles. The molecule has 0 bridgehead atoms. The van der Waals surface area contributed by atoms with Crippen LogP contribution in [0.15, 0.2) is 22.9 Å². The average Bonchev–Trinajstić information content (AvgIpc) is 2.84. The SMILES string of the molecule is Cn1c(CCC(=O)O)nc(Br)c1-c1ccc[nH]1. The molecule has 0 spiro atoms. The van der Waals surface area contributed by atoms with Crippen LogP contribution in [0, 0.1) is 0 Å². The highest BCUT2D eigenvalue weighted by atomic mass is 79.9. The van der Waals surface area contributed by atoms with Crippen molar-refractivity contribution in [2.45, 2.75) is 12.8 Å². The summed E-state index contributed by atoms with van der Waals surface area (Å²) in [6.07, 6.45) is 2.35. The summed E-state index contributed by atoms with van der Waals surface area (Å²) in [6.45, 7) is 0. The summed E-state index contributed by atoms with van der Waals surface area (Å²) < 4.78 is 2.63. The molecule has 2 rings (SSSR count). The van der Waals surface area contributed by atoms with Crippen molar-refractivity contribution in [1.29, 1.82) is 0 Å². The van der Waals surface area contributed by atoms with Crippen LogP contribution in [0.5, 0.6) is 0 Å². The second-order valence-corrected chi connectivity index (χ2v) is 4.46. The van der Waals surface area contributed by atoms with Gasteiger partial charge >= 0.3 is 5.97 Å². The molecule has 0 fully saturated rings. The number of hydrogen-bond donors (Lipinski definition) is 2. The van der Waals surface area contributed by atoms with Gasteiger partial charge in [0.25, 0.3) is 0 Å². The Morgan fingerprint density at radius 2 is 2.41 bits per heavy atom. The number of rotatable bonds is 4. The lowest BCUT2D eigenvalue weighted by molar-refractivity contribution is -0.137. The number of hydrogen-bond acceptors (Lipinski definition) is 2. The standard InChI is InChI=1S/C11H12BrN3O2/c1-15-8(4-5-9(16)17)14-11(12)10(15)7-3-2-6-13-7/h2-3,6,13H,4-5H2,1H3,(H,16,17). The Morgan fingerprint density at radius 3 is 3.00 bits per heavy atom. The van der Waals surface area contributed by atoms with Crippen molar-refractivity contribution in [3.8, 4) is 11.4 Å². The van der Waals surface area contributed by atoms with E-state index < -0.39 is 5.97 Å². The number of nitrogens with zero attached hydrogens (tertiary/aromatic N) is 2. The molecule has 0 atom stereocenters. The molecule has 2 N–H and O–H groups in total. The summed E-state index contributed by atoms with van der Waals surface area (Å²) in [6, 6.07) is 3.86. The van der Waals surface area contributed by atoms with Crippen molar-refractivity contribution in [3.05, 3.63) is 28.8 Å². The first kappa shape index (κ1) is 11.9. The smallest absolute Gasteiger partial charge is 0.303 e. The Bertz CT molecular complexity index is 531. The lowest BCUT2D eigenvalue weighted by atomic mass is 10.3. The molecule has 2 aromatic rings. The normalized spacial score (nSPS) is 10.7. The van der Waals surface area contributed by atoms with Crippen LogP contribution in [0.3, 0.4) is 0 Å². The number of nitrogens with one attached hydrogen (secondary N) is 1. The van der Waals surface area contributed by atoms with Gasteiger partial charge in [0.1, 0.15) is 10.4 Å². The summed E-state index contributed by atoms with van der Waals surface area (Å²) >= 11 is 3.40. The zero-order chi connectivity index (χ0) is 12.4. The van der Waals surface area contributed by atoms with Gasteiger partial charge in [0, 0.05) is 19.7 Å². The Labute approximate surface area is 107 Å². The van der Waals surface area contributed by atoms with E-state index in [1.165, 1.54) is 0 Å². The van der Waals surface area contributed by atoms with Gasteiger partial charge in [0.05, 0.1) is 17.8 Å². The van der Waals surface area contributed by atoms with Crippen molar-refractivity contribution in [1.82, 2.24) is 14.5 Å². The Kier molecular flexibility index (Phi) is 3.33. The highest BCUT2D eigenvalue weighted by Gasteiger charge is 2.15. The third-order valence-corrected chi connectivity index (χ3v) is 3.11. The number of carbonyl (C=O) groups is 1. The first-order chi connectivity index (χ1) is 8.09. The Morgan fingerprint density at radius 1 is 1.65 bits per heavy atom. The van der Waals surface area contributed by atoms with Crippen LogP contribution in [0.1, 0.15) is 12.2 Å². The summed E-state index contributed by atoms with van der Waals surface area (Å²) in [5.74, 6) is -0.0607. The quantitative estimate of drug-likeness (QED) is 0.909. The van der Waals surface area contributed by atoms with E-state index in [1.54, 1.807) is 0 Å². The van der Waals surface area contributed by atoms with Gasteiger partial charge in [0.2, 0.25) is 0 Å².